The second kappa shape index (κ2) is 9.80. The van der Waals surface area contributed by atoms with Gasteiger partial charge >= 0.3 is 0 Å². The van der Waals surface area contributed by atoms with Crippen LogP contribution in [-0.2, 0) is 6.42 Å². The van der Waals surface area contributed by atoms with Crippen LogP contribution in [0.3, 0.4) is 0 Å². The number of thiophene rings is 1. The number of fused-ring (bicyclic) bond motifs is 6. The Bertz CT molecular complexity index is 2340. The van der Waals surface area contributed by atoms with Crippen molar-refractivity contribution in [1.82, 2.24) is 0 Å². The van der Waals surface area contributed by atoms with Gasteiger partial charge in [-0.1, -0.05) is 133 Å². The largest absolute Gasteiger partial charge is 0.139 e. The van der Waals surface area contributed by atoms with Crippen molar-refractivity contribution in [2.24, 2.45) is 0 Å². The molecule has 43 heavy (non-hydrogen) atoms. The lowest BCUT2D eigenvalue weighted by atomic mass is 9.85. The van der Waals surface area contributed by atoms with Gasteiger partial charge in [0.05, 0.1) is 0 Å². The van der Waals surface area contributed by atoms with Gasteiger partial charge in [0.2, 0.25) is 0 Å². The summed E-state index contributed by atoms with van der Waals surface area (Å²) in [6.45, 7) is 0. The molecule has 202 valence electrons. The van der Waals surface area contributed by atoms with Crippen LogP contribution >= 0.6 is 11.3 Å². The quantitative estimate of drug-likeness (QED) is 0.187. The fourth-order valence-corrected chi connectivity index (χ4v) is 8.47. The lowest BCUT2D eigenvalue weighted by molar-refractivity contribution is 1.02. The maximum Gasteiger partial charge on any atom is 0.0430 e. The number of allylic oxidation sites excluding steroid dienone is 1. The van der Waals surface area contributed by atoms with E-state index in [0.29, 0.717) is 0 Å². The molecule has 0 radical (unpaired) electrons. The van der Waals surface area contributed by atoms with E-state index in [0.717, 1.165) is 12.8 Å². The predicted molar refractivity (Wildman–Crippen MR) is 188 cm³/mol. The van der Waals surface area contributed by atoms with Gasteiger partial charge in [0.1, 0.15) is 0 Å². The molecule has 1 aliphatic carbocycles. The van der Waals surface area contributed by atoms with E-state index in [1.54, 1.807) is 0 Å². The zero-order valence-corrected chi connectivity index (χ0v) is 24.5. The molecule has 0 amide bonds. The lowest BCUT2D eigenvalue weighted by Gasteiger charge is -2.18. The van der Waals surface area contributed by atoms with E-state index in [1.807, 2.05) is 11.3 Å². The van der Waals surface area contributed by atoms with Crippen LogP contribution in [-0.4, -0.2) is 0 Å². The molecular formula is C42H28S. The van der Waals surface area contributed by atoms with Crippen LogP contribution in [0.2, 0.25) is 0 Å². The van der Waals surface area contributed by atoms with Crippen LogP contribution in [0.15, 0.2) is 140 Å². The summed E-state index contributed by atoms with van der Waals surface area (Å²) in [4.78, 5) is 1.52. The Morgan fingerprint density at radius 1 is 0.465 bits per heavy atom. The molecule has 1 aliphatic rings. The highest BCUT2D eigenvalue weighted by Crippen LogP contribution is 2.46. The maximum absolute atomic E-state index is 2.41. The van der Waals surface area contributed by atoms with Crippen LogP contribution < -0.4 is 0 Å². The van der Waals surface area contributed by atoms with Gasteiger partial charge in [-0.05, 0) is 96.2 Å². The fourth-order valence-electron chi connectivity index (χ4n) is 7.14. The van der Waals surface area contributed by atoms with Crippen LogP contribution in [0.25, 0.3) is 81.9 Å². The molecule has 0 aliphatic heterocycles. The molecule has 0 nitrogen and oxygen atoms in total. The number of rotatable bonds is 3. The Hall–Kier alpha value is -4.98. The Morgan fingerprint density at radius 3 is 1.81 bits per heavy atom. The van der Waals surface area contributed by atoms with Gasteiger partial charge in [-0.15, -0.1) is 11.3 Å². The summed E-state index contributed by atoms with van der Waals surface area (Å²) in [5, 5.41) is 9.08. The van der Waals surface area contributed by atoms with Gasteiger partial charge in [-0.25, -0.2) is 0 Å². The van der Waals surface area contributed by atoms with E-state index >= 15 is 0 Å². The molecule has 1 aromatic heterocycles. The van der Waals surface area contributed by atoms with Gasteiger partial charge in [0.15, 0.2) is 0 Å². The highest BCUT2D eigenvalue weighted by atomic mass is 32.1. The fraction of sp³-hybridized carbons (Fsp3) is 0.0476. The average Bonchev–Trinajstić information content (AvgIpc) is 3.46. The highest BCUT2D eigenvalue weighted by molar-refractivity contribution is 7.20. The van der Waals surface area contributed by atoms with Crippen molar-refractivity contribution in [3.05, 3.63) is 150 Å². The molecule has 8 aromatic rings. The third-order valence-corrected chi connectivity index (χ3v) is 10.4. The van der Waals surface area contributed by atoms with Crippen molar-refractivity contribution in [2.75, 3.05) is 0 Å². The molecule has 0 unspecified atom stereocenters. The molecule has 0 fully saturated rings. The molecule has 0 bridgehead atoms. The first-order chi connectivity index (χ1) is 21.3. The second-order valence-electron chi connectivity index (χ2n) is 11.5. The van der Waals surface area contributed by atoms with Crippen LogP contribution in [0.5, 0.6) is 0 Å². The Kier molecular flexibility index (Phi) is 5.61. The Morgan fingerprint density at radius 2 is 1.07 bits per heavy atom. The summed E-state index contributed by atoms with van der Waals surface area (Å²) in [6.07, 6.45) is 6.93. The van der Waals surface area contributed by atoms with Gasteiger partial charge in [-0.2, -0.15) is 0 Å². The molecule has 1 heterocycles. The molecular weight excluding hydrogens is 537 g/mol. The maximum atomic E-state index is 2.41. The smallest absolute Gasteiger partial charge is 0.0430 e. The van der Waals surface area contributed by atoms with Crippen molar-refractivity contribution < 1.29 is 0 Å². The summed E-state index contributed by atoms with van der Waals surface area (Å²) in [7, 11) is 0. The molecule has 9 rings (SSSR count). The molecule has 0 saturated carbocycles. The number of hydrogen-bond donors (Lipinski definition) is 0. The van der Waals surface area contributed by atoms with E-state index in [2.05, 4.69) is 146 Å². The topological polar surface area (TPSA) is 0 Å². The number of benzene rings is 7. The highest BCUT2D eigenvalue weighted by Gasteiger charge is 2.19. The first-order valence-electron chi connectivity index (χ1n) is 15.1. The van der Waals surface area contributed by atoms with E-state index in [1.165, 1.54) is 86.2 Å². The van der Waals surface area contributed by atoms with Gasteiger partial charge in [0, 0.05) is 15.0 Å². The molecule has 0 spiro atoms. The van der Waals surface area contributed by atoms with Gasteiger partial charge in [0.25, 0.3) is 0 Å². The Labute approximate surface area is 255 Å². The molecule has 7 aromatic carbocycles. The van der Waals surface area contributed by atoms with Crippen molar-refractivity contribution in [3.63, 3.8) is 0 Å². The van der Waals surface area contributed by atoms with E-state index in [-0.39, 0.29) is 0 Å². The monoisotopic (exact) mass is 564 g/mol. The van der Waals surface area contributed by atoms with Gasteiger partial charge in [-0.3, -0.25) is 0 Å². The zero-order chi connectivity index (χ0) is 28.3. The van der Waals surface area contributed by atoms with Crippen molar-refractivity contribution in [3.8, 4) is 33.4 Å². The Balaban J connectivity index is 1.30. The van der Waals surface area contributed by atoms with Gasteiger partial charge < -0.3 is 0 Å². The first-order valence-corrected chi connectivity index (χ1v) is 15.9. The summed E-state index contributed by atoms with van der Waals surface area (Å²) in [5.74, 6) is 0. The standard InChI is InChI=1S/C42H28S/c1-2-12-28-25-31(24-23-27(28)11-1)41-36-18-5-3-16-34(36)40(35-17-4-6-19-37(35)41)30-14-9-13-29(26-30)32-20-10-21-38-33-15-7-8-22-39(33)43-42(32)38/h1-7,9-21,23-26H,8,22H2. The third kappa shape index (κ3) is 3.89. The minimum absolute atomic E-state index is 1.14. The van der Waals surface area contributed by atoms with E-state index < -0.39 is 0 Å². The van der Waals surface area contributed by atoms with Crippen LogP contribution in [0, 0.1) is 0 Å². The minimum Gasteiger partial charge on any atom is -0.139 e. The average molecular weight is 565 g/mol. The second-order valence-corrected chi connectivity index (χ2v) is 12.7. The third-order valence-electron chi connectivity index (χ3n) is 9.09. The van der Waals surface area contributed by atoms with Crippen molar-refractivity contribution >= 4 is 59.8 Å². The minimum atomic E-state index is 1.14. The summed E-state index contributed by atoms with van der Waals surface area (Å²) < 4.78 is 1.40. The SMILES string of the molecule is C1=Cc2c(sc3c(-c4cccc(-c5c6ccccc6c(-c6ccc7ccccc7c6)c6ccccc56)c4)cccc23)CC1. The van der Waals surface area contributed by atoms with E-state index in [9.17, 15) is 0 Å². The number of aryl methyl sites for hydroxylation is 1. The number of hydrogen-bond acceptors (Lipinski definition) is 1. The lowest BCUT2D eigenvalue weighted by Crippen LogP contribution is -1.91. The summed E-state index contributed by atoms with van der Waals surface area (Å²) >= 11 is 1.98. The molecule has 1 heteroatoms. The van der Waals surface area contributed by atoms with Crippen LogP contribution in [0.4, 0.5) is 0 Å². The zero-order valence-electron chi connectivity index (χ0n) is 23.7. The summed E-state index contributed by atoms with van der Waals surface area (Å²) in [5.41, 5.74) is 9.15. The van der Waals surface area contributed by atoms with Crippen molar-refractivity contribution in [1.29, 1.82) is 0 Å². The summed E-state index contributed by atoms with van der Waals surface area (Å²) in [6, 6.07) is 49.5. The first kappa shape index (κ1) is 24.6. The predicted octanol–water partition coefficient (Wildman–Crippen LogP) is 12.3. The molecule has 0 N–H and O–H groups in total. The van der Waals surface area contributed by atoms with Crippen molar-refractivity contribution in [2.45, 2.75) is 12.8 Å². The normalized spacial score (nSPS) is 12.8. The molecule has 0 saturated heterocycles. The van der Waals surface area contributed by atoms with E-state index in [4.69, 9.17) is 0 Å². The molecule has 0 atom stereocenters. The van der Waals surface area contributed by atoms with Crippen LogP contribution in [0.1, 0.15) is 16.9 Å².